The maximum Gasteiger partial charge on any atom is 0.115 e. The van der Waals surface area contributed by atoms with Crippen LogP contribution < -0.4 is 0 Å². The molecule has 2 N–H and O–H groups in total. The van der Waals surface area contributed by atoms with Gasteiger partial charge in [-0.05, 0) is 88.8 Å². The molecule has 0 spiro atoms. The monoisotopic (exact) mass is 522 g/mol. The van der Waals surface area contributed by atoms with Crippen molar-refractivity contribution in [1.29, 1.82) is 0 Å². The largest absolute Gasteiger partial charge is 0.508 e. The Morgan fingerprint density at radius 2 is 0.879 bits per heavy atom. The molecule has 2 aliphatic rings. The van der Waals surface area contributed by atoms with Gasteiger partial charge >= 0.3 is 0 Å². The minimum atomic E-state index is 0. The van der Waals surface area contributed by atoms with Gasteiger partial charge in [0.1, 0.15) is 11.5 Å². The zero-order valence-electron chi connectivity index (χ0n) is 21.2. The van der Waals surface area contributed by atoms with Crippen LogP contribution in [0.1, 0.15) is 65.5 Å². The minimum absolute atomic E-state index is 0. The van der Waals surface area contributed by atoms with Crippen LogP contribution in [0.15, 0.2) is 95.1 Å². The second kappa shape index (κ2) is 17.4. The second-order valence-corrected chi connectivity index (χ2v) is 8.18. The Kier molecular flexibility index (Phi) is 16.3. The number of rotatable bonds is 2. The SMILES string of the molecule is CC1=C(C)CC=C1.CC1=C(C)CC=C1.CCc1ccc(O)cc1.CCc1ccc(O)cc1.[Zr]. The summed E-state index contributed by atoms with van der Waals surface area (Å²) in [5, 5.41) is 17.7. The van der Waals surface area contributed by atoms with Crippen molar-refractivity contribution in [2.45, 2.75) is 67.2 Å². The molecule has 0 heterocycles. The number of phenolic OH excluding ortho intramolecular Hbond substituents is 2. The fraction of sp³-hybridized carbons (Fsp3) is 0.333. The van der Waals surface area contributed by atoms with Gasteiger partial charge in [-0.2, -0.15) is 0 Å². The zero-order chi connectivity index (χ0) is 23.9. The number of phenols is 2. The van der Waals surface area contributed by atoms with Crippen molar-refractivity contribution >= 4 is 0 Å². The summed E-state index contributed by atoms with van der Waals surface area (Å²) in [4.78, 5) is 0. The molecule has 0 bridgehead atoms. The number of allylic oxidation sites excluding steroid dienone is 8. The fourth-order valence-electron chi connectivity index (χ4n) is 2.89. The quantitative estimate of drug-likeness (QED) is 0.414. The van der Waals surface area contributed by atoms with E-state index in [9.17, 15) is 0 Å². The van der Waals surface area contributed by atoms with Crippen molar-refractivity contribution in [3.05, 3.63) is 106 Å². The Morgan fingerprint density at radius 3 is 1.03 bits per heavy atom. The van der Waals surface area contributed by atoms with Crippen LogP contribution >= 0.6 is 0 Å². The number of aryl methyl sites for hydroxylation is 2. The standard InChI is InChI=1S/2C8H10O.2C7H10.Zr/c2*1-2-7-3-5-8(9)6-4-7;2*1-6-4-3-5-7(6)2;/h2*3-6,9H,2H2,1H3;2*3-4H,5H2,1-2H3;. The Bertz CT molecular complexity index is 851. The van der Waals surface area contributed by atoms with Crippen LogP contribution in [0.5, 0.6) is 11.5 Å². The molecule has 2 nitrogen and oxygen atoms in total. The Balaban J connectivity index is 0.000000412. The summed E-state index contributed by atoms with van der Waals surface area (Å²) in [5.74, 6) is 0.680. The summed E-state index contributed by atoms with van der Waals surface area (Å²) in [6, 6.07) is 14.5. The van der Waals surface area contributed by atoms with Crippen LogP contribution in [0.4, 0.5) is 0 Å². The second-order valence-electron chi connectivity index (χ2n) is 8.18. The molecule has 0 saturated heterocycles. The first-order valence-electron chi connectivity index (χ1n) is 11.5. The van der Waals surface area contributed by atoms with E-state index in [1.54, 1.807) is 24.3 Å². The van der Waals surface area contributed by atoms with Gasteiger partial charge < -0.3 is 10.2 Å². The molecule has 2 aromatic carbocycles. The fourth-order valence-corrected chi connectivity index (χ4v) is 2.89. The van der Waals surface area contributed by atoms with E-state index >= 15 is 0 Å². The van der Waals surface area contributed by atoms with E-state index in [-0.39, 0.29) is 26.2 Å². The number of hydrogen-bond acceptors (Lipinski definition) is 2. The van der Waals surface area contributed by atoms with Crippen LogP contribution in [0.2, 0.25) is 0 Å². The molecule has 4 rings (SSSR count). The van der Waals surface area contributed by atoms with Gasteiger partial charge in [-0.3, -0.25) is 0 Å². The molecule has 176 valence electrons. The summed E-state index contributed by atoms with van der Waals surface area (Å²) in [6.45, 7) is 12.8. The first-order valence-corrected chi connectivity index (χ1v) is 11.5. The van der Waals surface area contributed by atoms with Gasteiger partial charge in [-0.25, -0.2) is 0 Å². The van der Waals surface area contributed by atoms with Gasteiger partial charge in [-0.15, -0.1) is 0 Å². The molecule has 0 aromatic heterocycles. The summed E-state index contributed by atoms with van der Waals surface area (Å²) < 4.78 is 0. The van der Waals surface area contributed by atoms with Crippen molar-refractivity contribution < 1.29 is 36.4 Å². The maximum atomic E-state index is 8.85. The van der Waals surface area contributed by atoms with E-state index in [0.29, 0.717) is 11.5 Å². The average Bonchev–Trinajstić information content (AvgIpc) is 3.37. The molecule has 0 radical (unpaired) electrons. The van der Waals surface area contributed by atoms with Crippen molar-refractivity contribution in [2.24, 2.45) is 0 Å². The van der Waals surface area contributed by atoms with Gasteiger partial charge in [0, 0.05) is 26.2 Å². The Hall–Kier alpha value is -2.12. The average molecular weight is 524 g/mol. The smallest absolute Gasteiger partial charge is 0.115 e. The molecule has 0 unspecified atom stereocenters. The van der Waals surface area contributed by atoms with Crippen LogP contribution in [-0.2, 0) is 39.0 Å². The van der Waals surface area contributed by atoms with Crippen molar-refractivity contribution in [2.75, 3.05) is 0 Å². The van der Waals surface area contributed by atoms with Crippen molar-refractivity contribution in [1.82, 2.24) is 0 Å². The molecule has 0 atom stereocenters. The molecule has 0 fully saturated rings. The topological polar surface area (TPSA) is 40.5 Å². The molecule has 3 heteroatoms. The van der Waals surface area contributed by atoms with E-state index < -0.39 is 0 Å². The molecular weight excluding hydrogens is 484 g/mol. The van der Waals surface area contributed by atoms with Gasteiger partial charge in [0.15, 0.2) is 0 Å². The number of benzene rings is 2. The first-order chi connectivity index (χ1) is 15.3. The van der Waals surface area contributed by atoms with E-state index in [1.807, 2.05) is 24.3 Å². The molecule has 0 amide bonds. The molecule has 2 aliphatic carbocycles. The summed E-state index contributed by atoms with van der Waals surface area (Å²) in [7, 11) is 0. The first kappa shape index (κ1) is 30.9. The third kappa shape index (κ3) is 13.2. The van der Waals surface area contributed by atoms with Crippen LogP contribution in [-0.4, -0.2) is 10.2 Å². The zero-order valence-corrected chi connectivity index (χ0v) is 23.6. The van der Waals surface area contributed by atoms with Gasteiger partial charge in [0.05, 0.1) is 0 Å². The van der Waals surface area contributed by atoms with Gasteiger partial charge in [0.25, 0.3) is 0 Å². The maximum absolute atomic E-state index is 8.85. The van der Waals surface area contributed by atoms with E-state index in [4.69, 9.17) is 10.2 Å². The number of hydrogen-bond donors (Lipinski definition) is 2. The third-order valence-corrected chi connectivity index (χ3v) is 5.62. The minimum Gasteiger partial charge on any atom is -0.508 e. The summed E-state index contributed by atoms with van der Waals surface area (Å²) in [5.41, 5.74) is 8.43. The predicted molar refractivity (Wildman–Crippen MR) is 139 cm³/mol. The van der Waals surface area contributed by atoms with Crippen LogP contribution in [0, 0.1) is 0 Å². The summed E-state index contributed by atoms with van der Waals surface area (Å²) >= 11 is 0. The number of aromatic hydroxyl groups is 2. The van der Waals surface area contributed by atoms with Gasteiger partial charge in [-0.1, -0.05) is 84.7 Å². The summed E-state index contributed by atoms with van der Waals surface area (Å²) in [6.07, 6.45) is 13.2. The van der Waals surface area contributed by atoms with E-state index in [2.05, 4.69) is 65.8 Å². The van der Waals surface area contributed by atoms with E-state index in [1.165, 1.54) is 46.3 Å². The molecule has 0 aliphatic heterocycles. The molecular formula is C30H40O2Zr. The van der Waals surface area contributed by atoms with E-state index in [0.717, 1.165) is 12.8 Å². The van der Waals surface area contributed by atoms with Crippen LogP contribution in [0.3, 0.4) is 0 Å². The molecule has 0 saturated carbocycles. The van der Waals surface area contributed by atoms with Crippen LogP contribution in [0.25, 0.3) is 0 Å². The normalized spacial score (nSPS) is 13.3. The Morgan fingerprint density at radius 1 is 0.576 bits per heavy atom. The predicted octanol–water partition coefficient (Wildman–Crippen LogP) is 8.47. The third-order valence-electron chi connectivity index (χ3n) is 5.62. The van der Waals surface area contributed by atoms with Gasteiger partial charge in [0.2, 0.25) is 0 Å². The Labute approximate surface area is 220 Å². The molecule has 33 heavy (non-hydrogen) atoms. The van der Waals surface area contributed by atoms with Crippen molar-refractivity contribution in [3.63, 3.8) is 0 Å². The molecule has 2 aromatic rings. The van der Waals surface area contributed by atoms with Crippen molar-refractivity contribution in [3.8, 4) is 11.5 Å².